The first-order valence-corrected chi connectivity index (χ1v) is 9.78. The largest absolute Gasteiger partial charge is 0.462 e. The van der Waals surface area contributed by atoms with Crippen LogP contribution in [0.2, 0.25) is 0 Å². The molecule has 3 rings (SSSR count). The van der Waals surface area contributed by atoms with Gasteiger partial charge in [0.1, 0.15) is 0 Å². The molecule has 0 aliphatic heterocycles. The molecule has 0 radical (unpaired) electrons. The molecule has 1 aliphatic rings. The molecule has 2 aromatic rings. The van der Waals surface area contributed by atoms with Crippen molar-refractivity contribution in [1.82, 2.24) is 9.88 Å². The average molecular weight is 368 g/mol. The van der Waals surface area contributed by atoms with Crippen molar-refractivity contribution in [1.29, 1.82) is 0 Å². The van der Waals surface area contributed by atoms with Crippen LogP contribution in [-0.2, 0) is 4.74 Å². The third-order valence-electron chi connectivity index (χ3n) is 5.25. The summed E-state index contributed by atoms with van der Waals surface area (Å²) in [7, 11) is 0. The van der Waals surface area contributed by atoms with Crippen LogP contribution in [-0.4, -0.2) is 29.1 Å². The summed E-state index contributed by atoms with van der Waals surface area (Å²) in [5.74, 6) is -0.318. The monoisotopic (exact) mass is 368 g/mol. The number of benzene rings is 1. The number of amides is 1. The average Bonchev–Trinajstić information content (AvgIpc) is 2.97. The molecule has 1 fully saturated rings. The lowest BCUT2D eigenvalue weighted by Crippen LogP contribution is -2.36. The summed E-state index contributed by atoms with van der Waals surface area (Å²) in [6, 6.07) is 9.67. The van der Waals surface area contributed by atoms with Crippen molar-refractivity contribution in [3.8, 4) is 5.69 Å². The number of aryl methyl sites for hydroxylation is 1. The third kappa shape index (κ3) is 4.24. The van der Waals surface area contributed by atoms with Crippen LogP contribution < -0.4 is 5.32 Å². The van der Waals surface area contributed by atoms with Gasteiger partial charge in [-0.05, 0) is 63.9 Å². The van der Waals surface area contributed by atoms with Crippen LogP contribution in [0.3, 0.4) is 0 Å². The summed E-state index contributed by atoms with van der Waals surface area (Å²) < 4.78 is 7.14. The van der Waals surface area contributed by atoms with E-state index in [1.807, 2.05) is 48.7 Å². The molecule has 0 saturated heterocycles. The number of nitrogens with one attached hydrogen (secondary N) is 1. The lowest BCUT2D eigenvalue weighted by Gasteiger charge is -2.22. The molecular formula is C22H28N2O3. The molecule has 5 heteroatoms. The third-order valence-corrected chi connectivity index (χ3v) is 5.25. The second kappa shape index (κ2) is 8.42. The summed E-state index contributed by atoms with van der Waals surface area (Å²) in [5.41, 5.74) is 3.96. The van der Waals surface area contributed by atoms with Crippen molar-refractivity contribution in [2.75, 3.05) is 6.61 Å². The zero-order chi connectivity index (χ0) is 19.4. The topological polar surface area (TPSA) is 60.3 Å². The van der Waals surface area contributed by atoms with Crippen LogP contribution in [0, 0.1) is 13.8 Å². The fourth-order valence-electron chi connectivity index (χ4n) is 3.85. The number of esters is 1. The standard InChI is InChI=1S/C22H28N2O3/c1-4-27-22(26)20-14-15(2)24(16(20)3)19-12-10-17(11-13-19)21(25)23-18-8-6-5-7-9-18/h10-14,18H,4-9H2,1-3H3,(H,23,25). The van der Waals surface area contributed by atoms with Crippen molar-refractivity contribution in [2.45, 2.75) is 58.9 Å². The Balaban J connectivity index is 1.77. The number of hydrogen-bond donors (Lipinski definition) is 1. The van der Waals surface area contributed by atoms with Crippen LogP contribution in [0.4, 0.5) is 0 Å². The van der Waals surface area contributed by atoms with E-state index < -0.39 is 0 Å². The first kappa shape index (κ1) is 19.2. The fourth-order valence-corrected chi connectivity index (χ4v) is 3.85. The van der Waals surface area contributed by atoms with Crippen LogP contribution in [0.15, 0.2) is 30.3 Å². The van der Waals surface area contributed by atoms with E-state index in [0.29, 0.717) is 23.8 Å². The minimum Gasteiger partial charge on any atom is -0.462 e. The molecule has 0 unspecified atom stereocenters. The van der Waals surface area contributed by atoms with Crippen molar-refractivity contribution < 1.29 is 14.3 Å². The highest BCUT2D eigenvalue weighted by molar-refractivity contribution is 5.94. The molecule has 1 aromatic carbocycles. The predicted octanol–water partition coefficient (Wildman–Crippen LogP) is 4.33. The van der Waals surface area contributed by atoms with Gasteiger partial charge in [0.2, 0.25) is 0 Å². The number of aromatic nitrogens is 1. The van der Waals surface area contributed by atoms with Gasteiger partial charge in [0.05, 0.1) is 12.2 Å². The Morgan fingerprint density at radius 2 is 1.78 bits per heavy atom. The van der Waals surface area contributed by atoms with Crippen molar-refractivity contribution in [3.05, 3.63) is 52.8 Å². The Bertz CT molecular complexity index is 815. The van der Waals surface area contributed by atoms with Gasteiger partial charge < -0.3 is 14.6 Å². The molecule has 5 nitrogen and oxygen atoms in total. The number of hydrogen-bond acceptors (Lipinski definition) is 3. The second-order valence-electron chi connectivity index (χ2n) is 7.20. The highest BCUT2D eigenvalue weighted by atomic mass is 16.5. The van der Waals surface area contributed by atoms with E-state index in [-0.39, 0.29) is 11.9 Å². The first-order chi connectivity index (χ1) is 13.0. The highest BCUT2D eigenvalue weighted by Gasteiger charge is 2.19. The number of nitrogens with zero attached hydrogens (tertiary/aromatic N) is 1. The molecule has 1 aliphatic carbocycles. The van der Waals surface area contributed by atoms with Crippen LogP contribution in [0.25, 0.3) is 5.69 Å². The minimum atomic E-state index is -0.305. The fraction of sp³-hybridized carbons (Fsp3) is 0.455. The molecule has 1 aromatic heterocycles. The highest BCUT2D eigenvalue weighted by Crippen LogP contribution is 2.22. The molecule has 1 saturated carbocycles. The number of rotatable bonds is 5. The predicted molar refractivity (Wildman–Crippen MR) is 106 cm³/mol. The van der Waals surface area contributed by atoms with Gasteiger partial charge in [-0.1, -0.05) is 19.3 Å². The zero-order valence-corrected chi connectivity index (χ0v) is 16.4. The zero-order valence-electron chi connectivity index (χ0n) is 16.4. The van der Waals surface area contributed by atoms with Crippen molar-refractivity contribution in [2.24, 2.45) is 0 Å². The van der Waals surface area contributed by atoms with Gasteiger partial charge in [-0.15, -0.1) is 0 Å². The van der Waals surface area contributed by atoms with Gasteiger partial charge in [0.25, 0.3) is 5.91 Å². The van der Waals surface area contributed by atoms with E-state index in [0.717, 1.165) is 29.9 Å². The SMILES string of the molecule is CCOC(=O)c1cc(C)n(-c2ccc(C(=O)NC3CCCCC3)cc2)c1C. The maximum absolute atomic E-state index is 12.5. The smallest absolute Gasteiger partial charge is 0.339 e. The molecule has 1 amide bonds. The van der Waals surface area contributed by atoms with Crippen LogP contribution >= 0.6 is 0 Å². The van der Waals surface area contributed by atoms with E-state index in [9.17, 15) is 9.59 Å². The van der Waals surface area contributed by atoms with Gasteiger partial charge in [-0.3, -0.25) is 4.79 Å². The van der Waals surface area contributed by atoms with E-state index in [4.69, 9.17) is 4.74 Å². The lowest BCUT2D eigenvalue weighted by molar-refractivity contribution is 0.0525. The quantitative estimate of drug-likeness (QED) is 0.799. The van der Waals surface area contributed by atoms with Crippen molar-refractivity contribution >= 4 is 11.9 Å². The molecule has 0 bridgehead atoms. The van der Waals surface area contributed by atoms with Gasteiger partial charge in [-0.2, -0.15) is 0 Å². The summed E-state index contributed by atoms with van der Waals surface area (Å²) in [4.78, 5) is 24.6. The Morgan fingerprint density at radius 1 is 1.11 bits per heavy atom. The van der Waals surface area contributed by atoms with E-state index in [1.54, 1.807) is 6.92 Å². The Morgan fingerprint density at radius 3 is 2.41 bits per heavy atom. The second-order valence-corrected chi connectivity index (χ2v) is 7.20. The summed E-state index contributed by atoms with van der Waals surface area (Å²) in [6.45, 7) is 6.02. The Hall–Kier alpha value is -2.56. The van der Waals surface area contributed by atoms with Gasteiger partial charge in [0.15, 0.2) is 0 Å². The van der Waals surface area contributed by atoms with E-state index in [1.165, 1.54) is 19.3 Å². The number of carbonyl (C=O) groups is 2. The van der Waals surface area contributed by atoms with Crippen LogP contribution in [0.5, 0.6) is 0 Å². The molecule has 27 heavy (non-hydrogen) atoms. The number of ether oxygens (including phenoxy) is 1. The van der Waals surface area contributed by atoms with E-state index in [2.05, 4.69) is 5.32 Å². The molecule has 0 atom stereocenters. The molecule has 1 heterocycles. The Kier molecular flexibility index (Phi) is 5.99. The summed E-state index contributed by atoms with van der Waals surface area (Å²) in [6.07, 6.45) is 5.80. The normalized spacial score (nSPS) is 14.8. The van der Waals surface area contributed by atoms with Gasteiger partial charge in [-0.25, -0.2) is 4.79 Å². The lowest BCUT2D eigenvalue weighted by atomic mass is 9.95. The molecule has 0 spiro atoms. The van der Waals surface area contributed by atoms with Crippen molar-refractivity contribution in [3.63, 3.8) is 0 Å². The van der Waals surface area contributed by atoms with Gasteiger partial charge in [0, 0.05) is 28.7 Å². The maximum Gasteiger partial charge on any atom is 0.339 e. The van der Waals surface area contributed by atoms with E-state index >= 15 is 0 Å². The minimum absolute atomic E-state index is 0.0124. The molecule has 144 valence electrons. The molecular weight excluding hydrogens is 340 g/mol. The first-order valence-electron chi connectivity index (χ1n) is 9.78. The van der Waals surface area contributed by atoms with Crippen LogP contribution in [0.1, 0.15) is 71.1 Å². The summed E-state index contributed by atoms with van der Waals surface area (Å²) >= 11 is 0. The number of carbonyl (C=O) groups excluding carboxylic acids is 2. The summed E-state index contributed by atoms with van der Waals surface area (Å²) in [5, 5.41) is 3.14. The Labute approximate surface area is 160 Å². The maximum atomic E-state index is 12.5. The van der Waals surface area contributed by atoms with Gasteiger partial charge >= 0.3 is 5.97 Å². The molecule has 1 N–H and O–H groups in total.